The smallest absolute Gasteiger partial charge is 0.129 e. The lowest BCUT2D eigenvalue weighted by molar-refractivity contribution is 0.380. The van der Waals surface area contributed by atoms with Gasteiger partial charge in [-0.05, 0) is 32.4 Å². The van der Waals surface area contributed by atoms with Crippen LogP contribution in [0.15, 0.2) is 12.1 Å². The van der Waals surface area contributed by atoms with Crippen molar-refractivity contribution >= 4 is 0 Å². The van der Waals surface area contributed by atoms with Crippen LogP contribution in [0, 0.1) is 6.92 Å². The Morgan fingerprint density at radius 3 is 2.44 bits per heavy atom. The van der Waals surface area contributed by atoms with E-state index in [-0.39, 0.29) is 5.41 Å². The van der Waals surface area contributed by atoms with Crippen LogP contribution < -0.4 is 14.8 Å². The van der Waals surface area contributed by atoms with E-state index in [1.807, 2.05) is 0 Å². The fraction of sp³-hybridized carbons (Fsp3) is 0.600. The van der Waals surface area contributed by atoms with Gasteiger partial charge >= 0.3 is 0 Å². The number of likely N-dealkylation sites (N-methyl/N-ethyl adjacent to an activating group) is 1. The number of ether oxygens (including phenoxy) is 2. The van der Waals surface area contributed by atoms with E-state index in [0.717, 1.165) is 30.2 Å². The third-order valence-corrected chi connectivity index (χ3v) is 3.92. The van der Waals surface area contributed by atoms with Crippen LogP contribution in [0.25, 0.3) is 0 Å². The molecule has 1 saturated carbocycles. The molecule has 3 heteroatoms. The standard InChI is InChI=1S/C15H23NO2/c1-5-16-10-15(8-9-15)12-6-7-13(17-3)11(2)14(12)18-4/h6-7,16H,5,8-10H2,1-4H3. The highest BCUT2D eigenvalue weighted by atomic mass is 16.5. The Balaban J connectivity index is 2.36. The summed E-state index contributed by atoms with van der Waals surface area (Å²) in [6, 6.07) is 4.22. The molecule has 0 spiro atoms. The summed E-state index contributed by atoms with van der Waals surface area (Å²) in [4.78, 5) is 0. The van der Waals surface area contributed by atoms with Crippen molar-refractivity contribution in [2.75, 3.05) is 27.3 Å². The molecule has 1 aromatic carbocycles. The van der Waals surface area contributed by atoms with E-state index in [4.69, 9.17) is 9.47 Å². The molecule has 3 nitrogen and oxygen atoms in total. The molecule has 0 bridgehead atoms. The summed E-state index contributed by atoms with van der Waals surface area (Å²) in [5, 5.41) is 3.46. The molecule has 0 aliphatic heterocycles. The zero-order valence-corrected chi connectivity index (χ0v) is 11.8. The molecule has 0 aromatic heterocycles. The van der Waals surface area contributed by atoms with Gasteiger partial charge in [0, 0.05) is 23.1 Å². The summed E-state index contributed by atoms with van der Waals surface area (Å²) in [6.07, 6.45) is 2.48. The fourth-order valence-electron chi connectivity index (χ4n) is 2.63. The summed E-state index contributed by atoms with van der Waals surface area (Å²) >= 11 is 0. The molecule has 0 unspecified atom stereocenters. The van der Waals surface area contributed by atoms with Crippen molar-refractivity contribution in [3.05, 3.63) is 23.3 Å². The maximum Gasteiger partial charge on any atom is 0.129 e. The lowest BCUT2D eigenvalue weighted by Gasteiger charge is -2.21. The third-order valence-electron chi connectivity index (χ3n) is 3.92. The van der Waals surface area contributed by atoms with Crippen molar-refractivity contribution in [1.29, 1.82) is 0 Å². The van der Waals surface area contributed by atoms with Gasteiger partial charge in [0.25, 0.3) is 0 Å². The largest absolute Gasteiger partial charge is 0.496 e. The van der Waals surface area contributed by atoms with Gasteiger partial charge in [-0.1, -0.05) is 13.0 Å². The van der Waals surface area contributed by atoms with E-state index in [1.165, 1.54) is 18.4 Å². The second-order valence-electron chi connectivity index (χ2n) is 5.03. The van der Waals surface area contributed by atoms with Gasteiger partial charge in [0.2, 0.25) is 0 Å². The summed E-state index contributed by atoms with van der Waals surface area (Å²) in [6.45, 7) is 6.25. The Bertz CT molecular complexity index is 425. The van der Waals surface area contributed by atoms with E-state index in [0.29, 0.717) is 0 Å². The van der Waals surface area contributed by atoms with Crippen LogP contribution in [0.3, 0.4) is 0 Å². The Kier molecular flexibility index (Phi) is 3.81. The summed E-state index contributed by atoms with van der Waals surface area (Å²) in [5.41, 5.74) is 2.70. The molecule has 1 aliphatic carbocycles. The molecule has 0 saturated heterocycles. The Labute approximate surface area is 109 Å². The maximum atomic E-state index is 5.62. The molecule has 1 aromatic rings. The summed E-state index contributed by atoms with van der Waals surface area (Å²) < 4.78 is 11.0. The normalized spacial score (nSPS) is 16.4. The van der Waals surface area contributed by atoms with Gasteiger partial charge in [-0.3, -0.25) is 0 Å². The van der Waals surface area contributed by atoms with E-state index in [1.54, 1.807) is 14.2 Å². The van der Waals surface area contributed by atoms with Gasteiger partial charge in [0.1, 0.15) is 11.5 Å². The van der Waals surface area contributed by atoms with Crippen LogP contribution in [0.4, 0.5) is 0 Å². The first-order valence-electron chi connectivity index (χ1n) is 6.61. The fourth-order valence-corrected chi connectivity index (χ4v) is 2.63. The summed E-state index contributed by atoms with van der Waals surface area (Å²) in [7, 11) is 3.45. The van der Waals surface area contributed by atoms with Crippen LogP contribution in [0.1, 0.15) is 30.9 Å². The van der Waals surface area contributed by atoms with Crippen LogP contribution in [0.5, 0.6) is 11.5 Å². The zero-order chi connectivity index (χ0) is 13.2. The topological polar surface area (TPSA) is 30.5 Å². The lowest BCUT2D eigenvalue weighted by Crippen LogP contribution is -2.27. The molecule has 1 aliphatic rings. The van der Waals surface area contributed by atoms with Crippen molar-refractivity contribution in [3.63, 3.8) is 0 Å². The van der Waals surface area contributed by atoms with Gasteiger partial charge < -0.3 is 14.8 Å². The second kappa shape index (κ2) is 5.19. The van der Waals surface area contributed by atoms with Crippen molar-refractivity contribution in [2.24, 2.45) is 0 Å². The van der Waals surface area contributed by atoms with Gasteiger partial charge in [0.05, 0.1) is 14.2 Å². The van der Waals surface area contributed by atoms with Gasteiger partial charge in [-0.15, -0.1) is 0 Å². The number of benzene rings is 1. The van der Waals surface area contributed by atoms with Crippen LogP contribution in [-0.2, 0) is 5.41 Å². The van der Waals surface area contributed by atoms with Crippen molar-refractivity contribution < 1.29 is 9.47 Å². The van der Waals surface area contributed by atoms with Crippen LogP contribution in [0.2, 0.25) is 0 Å². The predicted molar refractivity (Wildman–Crippen MR) is 73.7 cm³/mol. The third kappa shape index (κ3) is 2.19. The van der Waals surface area contributed by atoms with E-state index >= 15 is 0 Å². The highest BCUT2D eigenvalue weighted by Crippen LogP contribution is 2.52. The first-order chi connectivity index (χ1) is 8.68. The molecule has 1 fully saturated rings. The molecule has 0 radical (unpaired) electrons. The van der Waals surface area contributed by atoms with Crippen molar-refractivity contribution in [1.82, 2.24) is 5.32 Å². The Morgan fingerprint density at radius 1 is 1.22 bits per heavy atom. The molecule has 0 amide bonds. The SMILES string of the molecule is CCNCC1(c2ccc(OC)c(C)c2OC)CC1. The van der Waals surface area contributed by atoms with E-state index in [2.05, 4.69) is 31.3 Å². The minimum Gasteiger partial charge on any atom is -0.496 e. The minimum atomic E-state index is 0.276. The molecular weight excluding hydrogens is 226 g/mol. The monoisotopic (exact) mass is 249 g/mol. The van der Waals surface area contributed by atoms with E-state index in [9.17, 15) is 0 Å². The average Bonchev–Trinajstić information content (AvgIpc) is 3.17. The van der Waals surface area contributed by atoms with Crippen LogP contribution >= 0.6 is 0 Å². The molecular formula is C15H23NO2. The first kappa shape index (κ1) is 13.2. The average molecular weight is 249 g/mol. The Hall–Kier alpha value is -1.22. The minimum absolute atomic E-state index is 0.276. The second-order valence-corrected chi connectivity index (χ2v) is 5.03. The highest BCUT2D eigenvalue weighted by Gasteiger charge is 2.46. The number of methoxy groups -OCH3 is 2. The van der Waals surface area contributed by atoms with Gasteiger partial charge in [0.15, 0.2) is 0 Å². The van der Waals surface area contributed by atoms with Crippen molar-refractivity contribution in [2.45, 2.75) is 32.1 Å². The quantitative estimate of drug-likeness (QED) is 0.840. The molecule has 2 rings (SSSR count). The van der Waals surface area contributed by atoms with E-state index < -0.39 is 0 Å². The van der Waals surface area contributed by atoms with Gasteiger partial charge in [-0.2, -0.15) is 0 Å². The van der Waals surface area contributed by atoms with Crippen molar-refractivity contribution in [3.8, 4) is 11.5 Å². The Morgan fingerprint density at radius 2 is 1.94 bits per heavy atom. The first-order valence-corrected chi connectivity index (χ1v) is 6.61. The maximum absolute atomic E-state index is 5.62. The predicted octanol–water partition coefficient (Wildman–Crippen LogP) is 2.65. The lowest BCUT2D eigenvalue weighted by atomic mass is 9.92. The van der Waals surface area contributed by atoms with Gasteiger partial charge in [-0.25, -0.2) is 0 Å². The molecule has 18 heavy (non-hydrogen) atoms. The molecule has 100 valence electrons. The number of nitrogens with one attached hydrogen (secondary N) is 1. The number of rotatable bonds is 6. The molecule has 0 heterocycles. The van der Waals surface area contributed by atoms with Crippen LogP contribution in [-0.4, -0.2) is 27.3 Å². The molecule has 0 atom stereocenters. The highest BCUT2D eigenvalue weighted by molar-refractivity contribution is 5.54. The number of hydrogen-bond acceptors (Lipinski definition) is 3. The molecule has 1 N–H and O–H groups in total. The number of hydrogen-bond donors (Lipinski definition) is 1. The zero-order valence-electron chi connectivity index (χ0n) is 11.8. The summed E-state index contributed by atoms with van der Waals surface area (Å²) in [5.74, 6) is 1.89.